The van der Waals surface area contributed by atoms with Gasteiger partial charge in [0.25, 0.3) is 0 Å². The van der Waals surface area contributed by atoms with Crippen molar-refractivity contribution in [2.45, 2.75) is 0 Å². The van der Waals surface area contributed by atoms with Gasteiger partial charge in [-0.2, -0.15) is 0 Å². The quantitative estimate of drug-likeness (QED) is 0.771. The van der Waals surface area contributed by atoms with Gasteiger partial charge in [-0.3, -0.25) is 9.59 Å². The van der Waals surface area contributed by atoms with E-state index < -0.39 is 0 Å². The third kappa shape index (κ3) is 2.15. The van der Waals surface area contributed by atoms with E-state index in [2.05, 4.69) is 0 Å². The van der Waals surface area contributed by atoms with Crippen LogP contribution in [-0.2, 0) is 0 Å². The highest BCUT2D eigenvalue weighted by atomic mass is 16.5. The standard InChI is InChI=1S/C15H12O3/c1-18-15-13(9-16)7-12(8-14(15)10-17)11-5-3-2-4-6-11/h2-10H,1H3. The molecule has 2 aromatic rings. The molecule has 2 rings (SSSR count). The number of hydrogen-bond donors (Lipinski definition) is 0. The van der Waals surface area contributed by atoms with Crippen LogP contribution >= 0.6 is 0 Å². The number of rotatable bonds is 4. The van der Waals surface area contributed by atoms with E-state index in [4.69, 9.17) is 4.74 Å². The van der Waals surface area contributed by atoms with Gasteiger partial charge in [0.1, 0.15) is 5.75 Å². The molecule has 0 aromatic heterocycles. The van der Waals surface area contributed by atoms with Crippen molar-refractivity contribution < 1.29 is 14.3 Å². The van der Waals surface area contributed by atoms with E-state index in [1.165, 1.54) is 7.11 Å². The van der Waals surface area contributed by atoms with Gasteiger partial charge in [0, 0.05) is 0 Å². The third-order valence-electron chi connectivity index (χ3n) is 2.71. The Morgan fingerprint density at radius 2 is 1.44 bits per heavy atom. The number of hydrogen-bond acceptors (Lipinski definition) is 3. The predicted molar refractivity (Wildman–Crippen MR) is 69.2 cm³/mol. The molecule has 0 bridgehead atoms. The molecule has 0 saturated heterocycles. The lowest BCUT2D eigenvalue weighted by Gasteiger charge is -2.10. The summed E-state index contributed by atoms with van der Waals surface area (Å²) in [6, 6.07) is 13.0. The molecule has 3 nitrogen and oxygen atoms in total. The Bertz CT molecular complexity index is 545. The van der Waals surface area contributed by atoms with E-state index >= 15 is 0 Å². The largest absolute Gasteiger partial charge is 0.495 e. The highest BCUT2D eigenvalue weighted by molar-refractivity contribution is 5.91. The van der Waals surface area contributed by atoms with Gasteiger partial charge in [-0.05, 0) is 23.3 Å². The van der Waals surface area contributed by atoms with Crippen LogP contribution in [0.25, 0.3) is 11.1 Å². The lowest BCUT2D eigenvalue weighted by Crippen LogP contribution is -1.97. The zero-order chi connectivity index (χ0) is 13.0. The Morgan fingerprint density at radius 3 is 1.89 bits per heavy atom. The maximum atomic E-state index is 11.0. The molecule has 0 aliphatic heterocycles. The predicted octanol–water partition coefficient (Wildman–Crippen LogP) is 2.99. The first-order valence-corrected chi connectivity index (χ1v) is 5.48. The lowest BCUT2D eigenvalue weighted by atomic mass is 9.99. The molecule has 0 aliphatic carbocycles. The Morgan fingerprint density at radius 1 is 0.889 bits per heavy atom. The third-order valence-corrected chi connectivity index (χ3v) is 2.71. The Kier molecular flexibility index (Phi) is 3.53. The van der Waals surface area contributed by atoms with Crippen molar-refractivity contribution in [1.82, 2.24) is 0 Å². The molecular weight excluding hydrogens is 228 g/mol. The molecule has 0 unspecified atom stereocenters. The van der Waals surface area contributed by atoms with Crippen molar-refractivity contribution in [2.75, 3.05) is 7.11 Å². The molecule has 0 amide bonds. The van der Waals surface area contributed by atoms with Crippen molar-refractivity contribution in [3.63, 3.8) is 0 Å². The Balaban J connectivity index is 2.64. The van der Waals surface area contributed by atoms with Gasteiger partial charge in [-0.1, -0.05) is 30.3 Å². The second kappa shape index (κ2) is 5.27. The van der Waals surface area contributed by atoms with E-state index in [9.17, 15) is 9.59 Å². The molecule has 0 fully saturated rings. The van der Waals surface area contributed by atoms with Crippen LogP contribution in [0.4, 0.5) is 0 Å². The molecule has 0 radical (unpaired) electrons. The molecular formula is C15H12O3. The fraction of sp³-hybridized carbons (Fsp3) is 0.0667. The number of benzene rings is 2. The van der Waals surface area contributed by atoms with Crippen molar-refractivity contribution in [3.8, 4) is 16.9 Å². The van der Waals surface area contributed by atoms with E-state index in [-0.39, 0.29) is 0 Å². The summed E-state index contributed by atoms with van der Waals surface area (Å²) in [5, 5.41) is 0. The molecule has 0 atom stereocenters. The Hall–Kier alpha value is -2.42. The van der Waals surface area contributed by atoms with Gasteiger partial charge in [0.05, 0.1) is 18.2 Å². The van der Waals surface area contributed by atoms with Crippen molar-refractivity contribution in [2.24, 2.45) is 0 Å². The fourth-order valence-corrected chi connectivity index (χ4v) is 1.88. The minimum Gasteiger partial charge on any atom is -0.495 e. The normalized spacial score (nSPS) is 9.83. The highest BCUT2D eigenvalue weighted by Crippen LogP contribution is 2.29. The summed E-state index contributed by atoms with van der Waals surface area (Å²) in [4.78, 5) is 22.1. The number of carbonyl (C=O) groups is 2. The molecule has 18 heavy (non-hydrogen) atoms. The molecule has 0 saturated carbocycles. The summed E-state index contributed by atoms with van der Waals surface area (Å²) >= 11 is 0. The fourth-order valence-electron chi connectivity index (χ4n) is 1.88. The van der Waals surface area contributed by atoms with Crippen LogP contribution in [0.3, 0.4) is 0 Å². The van der Waals surface area contributed by atoms with Gasteiger partial charge in [-0.15, -0.1) is 0 Å². The summed E-state index contributed by atoms with van der Waals surface area (Å²) in [6.45, 7) is 0. The topological polar surface area (TPSA) is 43.4 Å². The van der Waals surface area contributed by atoms with Gasteiger partial charge in [0.15, 0.2) is 12.6 Å². The average Bonchev–Trinajstić information content (AvgIpc) is 2.46. The van der Waals surface area contributed by atoms with E-state index in [0.29, 0.717) is 29.4 Å². The van der Waals surface area contributed by atoms with Gasteiger partial charge in [0.2, 0.25) is 0 Å². The van der Waals surface area contributed by atoms with Crippen LogP contribution in [0.15, 0.2) is 42.5 Å². The summed E-state index contributed by atoms with van der Waals surface area (Å²) in [6.07, 6.45) is 1.39. The first-order valence-electron chi connectivity index (χ1n) is 5.48. The molecule has 0 heterocycles. The van der Waals surface area contributed by atoms with Gasteiger partial charge >= 0.3 is 0 Å². The molecule has 2 aromatic carbocycles. The SMILES string of the molecule is COc1c(C=O)cc(-c2ccccc2)cc1C=O. The smallest absolute Gasteiger partial charge is 0.153 e. The zero-order valence-corrected chi connectivity index (χ0v) is 9.92. The summed E-state index contributed by atoms with van der Waals surface area (Å²) < 4.78 is 5.09. The van der Waals surface area contributed by atoms with E-state index in [0.717, 1.165) is 11.1 Å². The van der Waals surface area contributed by atoms with Crippen molar-refractivity contribution >= 4 is 12.6 Å². The van der Waals surface area contributed by atoms with E-state index in [1.54, 1.807) is 12.1 Å². The first-order chi connectivity index (χ1) is 8.80. The van der Waals surface area contributed by atoms with Crippen LogP contribution in [0, 0.1) is 0 Å². The summed E-state index contributed by atoms with van der Waals surface area (Å²) in [5.74, 6) is 0.319. The molecule has 3 heteroatoms. The van der Waals surface area contributed by atoms with Crippen LogP contribution in [0.5, 0.6) is 5.75 Å². The van der Waals surface area contributed by atoms with Gasteiger partial charge < -0.3 is 4.74 Å². The molecule has 90 valence electrons. The van der Waals surface area contributed by atoms with Crippen LogP contribution in [0.2, 0.25) is 0 Å². The molecule has 0 aliphatic rings. The lowest BCUT2D eigenvalue weighted by molar-refractivity contribution is 0.111. The summed E-state index contributed by atoms with van der Waals surface area (Å²) in [7, 11) is 1.44. The van der Waals surface area contributed by atoms with Crippen LogP contribution < -0.4 is 4.74 Å². The zero-order valence-electron chi connectivity index (χ0n) is 9.92. The maximum Gasteiger partial charge on any atom is 0.153 e. The number of aldehydes is 2. The highest BCUT2D eigenvalue weighted by Gasteiger charge is 2.11. The second-order valence-corrected chi connectivity index (χ2v) is 3.79. The van der Waals surface area contributed by atoms with Crippen molar-refractivity contribution in [3.05, 3.63) is 53.6 Å². The minimum absolute atomic E-state index is 0.319. The molecule has 0 spiro atoms. The monoisotopic (exact) mass is 240 g/mol. The Labute approximate surface area is 105 Å². The minimum atomic E-state index is 0.319. The van der Waals surface area contributed by atoms with E-state index in [1.807, 2.05) is 30.3 Å². The van der Waals surface area contributed by atoms with Crippen LogP contribution in [-0.4, -0.2) is 19.7 Å². The molecule has 0 N–H and O–H groups in total. The average molecular weight is 240 g/mol. The summed E-state index contributed by atoms with van der Waals surface area (Å²) in [5.41, 5.74) is 2.52. The number of ether oxygens (including phenoxy) is 1. The number of methoxy groups -OCH3 is 1. The van der Waals surface area contributed by atoms with Gasteiger partial charge in [-0.25, -0.2) is 0 Å². The number of carbonyl (C=O) groups excluding carboxylic acids is 2. The maximum absolute atomic E-state index is 11.0. The first kappa shape index (κ1) is 12.0. The second-order valence-electron chi connectivity index (χ2n) is 3.79. The van der Waals surface area contributed by atoms with Crippen molar-refractivity contribution in [1.29, 1.82) is 0 Å². The van der Waals surface area contributed by atoms with Crippen LogP contribution in [0.1, 0.15) is 20.7 Å².